The molecule has 0 spiro atoms. The lowest BCUT2D eigenvalue weighted by atomic mass is 9.88. The number of amidine groups is 1. The zero-order valence-corrected chi connectivity index (χ0v) is 9.04. The average molecular weight is 194 g/mol. The van der Waals surface area contributed by atoms with E-state index in [1.165, 1.54) is 0 Å². The normalized spacial score (nSPS) is 11.6. The van der Waals surface area contributed by atoms with Gasteiger partial charge in [-0.25, -0.2) is 0 Å². The van der Waals surface area contributed by atoms with Gasteiger partial charge in [-0.1, -0.05) is 13.8 Å². The van der Waals surface area contributed by atoms with Crippen LogP contribution in [-0.2, 0) is 6.54 Å². The lowest BCUT2D eigenvalue weighted by Gasteiger charge is -2.22. The van der Waals surface area contributed by atoms with Gasteiger partial charge in [-0.15, -0.1) is 0 Å². The van der Waals surface area contributed by atoms with Gasteiger partial charge in [0.15, 0.2) is 0 Å². The molecule has 0 bridgehead atoms. The molecule has 1 aromatic rings. The van der Waals surface area contributed by atoms with Crippen molar-refractivity contribution in [2.75, 3.05) is 0 Å². The Hall–Kier alpha value is -1.32. The van der Waals surface area contributed by atoms with Crippen LogP contribution in [0.2, 0.25) is 0 Å². The molecule has 1 heterocycles. The number of aromatic nitrogens is 2. The van der Waals surface area contributed by atoms with Crippen molar-refractivity contribution in [1.82, 2.24) is 9.78 Å². The second-order valence-corrected chi connectivity index (χ2v) is 4.24. The second kappa shape index (κ2) is 3.82. The van der Waals surface area contributed by atoms with Crippen LogP contribution < -0.4 is 5.73 Å². The molecule has 1 aromatic heterocycles. The van der Waals surface area contributed by atoms with Crippen molar-refractivity contribution in [2.24, 2.45) is 11.1 Å². The second-order valence-electron chi connectivity index (χ2n) is 4.24. The summed E-state index contributed by atoms with van der Waals surface area (Å²) in [4.78, 5) is 0. The maximum absolute atomic E-state index is 7.43. The minimum atomic E-state index is -0.238. The van der Waals surface area contributed by atoms with Crippen molar-refractivity contribution in [1.29, 1.82) is 5.41 Å². The molecular formula is C10H18N4. The highest BCUT2D eigenvalue weighted by atomic mass is 15.3. The maximum Gasteiger partial charge on any atom is 0.0963 e. The molecular weight excluding hydrogens is 176 g/mol. The summed E-state index contributed by atoms with van der Waals surface area (Å²) in [6.07, 6.45) is 2.63. The van der Waals surface area contributed by atoms with Crippen LogP contribution in [0.5, 0.6) is 0 Å². The van der Waals surface area contributed by atoms with Gasteiger partial charge >= 0.3 is 0 Å². The van der Waals surface area contributed by atoms with Gasteiger partial charge in [0.1, 0.15) is 0 Å². The Kier molecular flexibility index (Phi) is 2.93. The zero-order valence-electron chi connectivity index (χ0n) is 9.04. The standard InChI is InChI=1S/C10H18N4/c1-8-4-6-13-14(8)7-5-10(2,3)9(11)12/h4,6H,5,7H2,1-3H3,(H3,11,12). The molecule has 0 saturated carbocycles. The van der Waals surface area contributed by atoms with E-state index in [1.807, 2.05) is 31.5 Å². The molecule has 4 heteroatoms. The Morgan fingerprint density at radius 2 is 2.29 bits per heavy atom. The predicted octanol–water partition coefficient (Wildman–Crippen LogP) is 1.54. The number of nitrogens with zero attached hydrogens (tertiary/aromatic N) is 2. The van der Waals surface area contributed by atoms with E-state index in [4.69, 9.17) is 11.1 Å². The third-order valence-corrected chi connectivity index (χ3v) is 2.61. The minimum absolute atomic E-state index is 0.238. The number of aryl methyl sites for hydroxylation is 2. The van der Waals surface area contributed by atoms with E-state index in [1.54, 1.807) is 6.20 Å². The van der Waals surface area contributed by atoms with Crippen molar-refractivity contribution in [3.05, 3.63) is 18.0 Å². The summed E-state index contributed by atoms with van der Waals surface area (Å²) in [7, 11) is 0. The highest BCUT2D eigenvalue weighted by Crippen LogP contribution is 2.20. The molecule has 0 aliphatic heterocycles. The van der Waals surface area contributed by atoms with Crippen molar-refractivity contribution in [2.45, 2.75) is 33.7 Å². The first-order valence-electron chi connectivity index (χ1n) is 4.76. The highest BCUT2D eigenvalue weighted by Gasteiger charge is 2.21. The maximum atomic E-state index is 7.43. The molecule has 0 atom stereocenters. The third kappa shape index (κ3) is 2.34. The molecule has 0 aliphatic rings. The Morgan fingerprint density at radius 1 is 1.64 bits per heavy atom. The van der Waals surface area contributed by atoms with Gasteiger partial charge in [-0.05, 0) is 19.4 Å². The summed E-state index contributed by atoms with van der Waals surface area (Å²) in [5.41, 5.74) is 6.41. The van der Waals surface area contributed by atoms with Gasteiger partial charge < -0.3 is 5.73 Å². The number of nitrogens with two attached hydrogens (primary N) is 1. The number of rotatable bonds is 4. The fourth-order valence-corrected chi connectivity index (χ4v) is 1.15. The van der Waals surface area contributed by atoms with Crippen LogP contribution in [0.3, 0.4) is 0 Å². The predicted molar refractivity (Wildman–Crippen MR) is 57.3 cm³/mol. The van der Waals surface area contributed by atoms with E-state index in [0.717, 1.165) is 18.7 Å². The van der Waals surface area contributed by atoms with Crippen molar-refractivity contribution in [3.8, 4) is 0 Å². The van der Waals surface area contributed by atoms with E-state index < -0.39 is 0 Å². The van der Waals surface area contributed by atoms with Gasteiger partial charge in [-0.2, -0.15) is 5.10 Å². The number of nitrogens with one attached hydrogen (secondary N) is 1. The van der Waals surface area contributed by atoms with Gasteiger partial charge in [0.05, 0.1) is 5.84 Å². The first-order chi connectivity index (χ1) is 6.43. The van der Waals surface area contributed by atoms with Gasteiger partial charge in [0, 0.05) is 23.9 Å². The van der Waals surface area contributed by atoms with Crippen molar-refractivity contribution >= 4 is 5.84 Å². The highest BCUT2D eigenvalue weighted by molar-refractivity contribution is 5.82. The van der Waals surface area contributed by atoms with Crippen LogP contribution in [0.1, 0.15) is 26.0 Å². The molecule has 0 amide bonds. The topological polar surface area (TPSA) is 67.7 Å². The smallest absolute Gasteiger partial charge is 0.0963 e. The van der Waals surface area contributed by atoms with E-state index in [9.17, 15) is 0 Å². The van der Waals surface area contributed by atoms with Gasteiger partial charge in [0.2, 0.25) is 0 Å². The molecule has 1 rings (SSSR count). The molecule has 0 fully saturated rings. The van der Waals surface area contributed by atoms with E-state index in [2.05, 4.69) is 5.10 Å². The third-order valence-electron chi connectivity index (χ3n) is 2.61. The lowest BCUT2D eigenvalue weighted by molar-refractivity contribution is 0.408. The molecule has 0 aliphatic carbocycles. The van der Waals surface area contributed by atoms with Crippen LogP contribution in [-0.4, -0.2) is 15.6 Å². The fraction of sp³-hybridized carbons (Fsp3) is 0.600. The summed E-state index contributed by atoms with van der Waals surface area (Å²) < 4.78 is 1.94. The Labute approximate surface area is 84.6 Å². The van der Waals surface area contributed by atoms with Crippen LogP contribution >= 0.6 is 0 Å². The monoisotopic (exact) mass is 194 g/mol. The fourth-order valence-electron chi connectivity index (χ4n) is 1.15. The lowest BCUT2D eigenvalue weighted by Crippen LogP contribution is -2.32. The minimum Gasteiger partial charge on any atom is -0.387 e. The molecule has 0 aromatic carbocycles. The quantitative estimate of drug-likeness (QED) is 0.564. The van der Waals surface area contributed by atoms with Gasteiger partial charge in [-0.3, -0.25) is 10.1 Å². The first kappa shape index (κ1) is 10.8. The zero-order chi connectivity index (χ0) is 10.8. The van der Waals surface area contributed by atoms with Crippen LogP contribution in [0.15, 0.2) is 12.3 Å². The molecule has 4 nitrogen and oxygen atoms in total. The van der Waals surface area contributed by atoms with Crippen LogP contribution in [0.4, 0.5) is 0 Å². The van der Waals surface area contributed by atoms with Gasteiger partial charge in [0.25, 0.3) is 0 Å². The van der Waals surface area contributed by atoms with Crippen LogP contribution in [0, 0.1) is 17.7 Å². The Morgan fingerprint density at radius 3 is 2.71 bits per heavy atom. The first-order valence-corrected chi connectivity index (χ1v) is 4.76. The van der Waals surface area contributed by atoms with Crippen molar-refractivity contribution in [3.63, 3.8) is 0 Å². The molecule has 14 heavy (non-hydrogen) atoms. The largest absolute Gasteiger partial charge is 0.387 e. The van der Waals surface area contributed by atoms with Crippen LogP contribution in [0.25, 0.3) is 0 Å². The SMILES string of the molecule is Cc1ccnn1CCC(C)(C)C(=N)N. The van der Waals surface area contributed by atoms with E-state index in [-0.39, 0.29) is 11.3 Å². The Bertz CT molecular complexity index is 325. The average Bonchev–Trinajstić information content (AvgIpc) is 2.47. The molecule has 0 unspecified atom stereocenters. The van der Waals surface area contributed by atoms with E-state index in [0.29, 0.717) is 0 Å². The summed E-state index contributed by atoms with van der Waals surface area (Å²) in [5.74, 6) is 0.238. The molecule has 78 valence electrons. The number of hydrogen-bond donors (Lipinski definition) is 2. The summed E-state index contributed by atoms with van der Waals surface area (Å²) >= 11 is 0. The molecule has 3 N–H and O–H groups in total. The van der Waals surface area contributed by atoms with E-state index >= 15 is 0 Å². The Balaban J connectivity index is 2.57. The van der Waals surface area contributed by atoms with Crippen molar-refractivity contribution < 1.29 is 0 Å². The molecule has 0 saturated heterocycles. The number of hydrogen-bond acceptors (Lipinski definition) is 2. The molecule has 0 radical (unpaired) electrons. The summed E-state index contributed by atoms with van der Waals surface area (Å²) in [5, 5.41) is 11.6. The summed E-state index contributed by atoms with van der Waals surface area (Å²) in [6, 6.07) is 1.97. The summed E-state index contributed by atoms with van der Waals surface area (Å²) in [6.45, 7) is 6.79.